The normalized spacial score (nSPS) is 13.4. The fourth-order valence-corrected chi connectivity index (χ4v) is 4.70. The molecule has 4 rings (SSSR count). The quantitative estimate of drug-likeness (QED) is 0.657. The SMILES string of the molecule is Brc1sc(-c2nc(-c3ccncc3)cs2)c2c1OCCO2. The lowest BCUT2D eigenvalue weighted by molar-refractivity contribution is 0.173. The Balaban J connectivity index is 1.77. The fraction of sp³-hybridized carbons (Fsp3) is 0.143. The molecule has 0 N–H and O–H groups in total. The predicted octanol–water partition coefficient (Wildman–Crippen LogP) is 4.47. The van der Waals surface area contributed by atoms with Crippen molar-refractivity contribution in [3.8, 4) is 32.6 Å². The van der Waals surface area contributed by atoms with Crippen molar-refractivity contribution in [2.24, 2.45) is 0 Å². The molecule has 21 heavy (non-hydrogen) atoms. The van der Waals surface area contributed by atoms with Crippen LogP contribution in [0.3, 0.4) is 0 Å². The zero-order chi connectivity index (χ0) is 14.2. The van der Waals surface area contributed by atoms with Crippen LogP contribution >= 0.6 is 38.6 Å². The van der Waals surface area contributed by atoms with Gasteiger partial charge in [0.2, 0.25) is 0 Å². The highest BCUT2D eigenvalue weighted by molar-refractivity contribution is 9.11. The molecule has 1 aliphatic heterocycles. The van der Waals surface area contributed by atoms with Crippen molar-refractivity contribution in [1.29, 1.82) is 0 Å². The Kier molecular flexibility index (Phi) is 3.40. The van der Waals surface area contributed by atoms with E-state index in [4.69, 9.17) is 14.5 Å². The van der Waals surface area contributed by atoms with Crippen molar-refractivity contribution >= 4 is 38.6 Å². The third-order valence-corrected chi connectivity index (χ3v) is 5.82. The molecular formula is C14H9BrN2O2S2. The summed E-state index contributed by atoms with van der Waals surface area (Å²) >= 11 is 6.73. The molecule has 0 amide bonds. The van der Waals surface area contributed by atoms with Crippen LogP contribution in [0, 0.1) is 0 Å². The number of rotatable bonds is 2. The van der Waals surface area contributed by atoms with Crippen LogP contribution in [-0.2, 0) is 0 Å². The lowest BCUT2D eigenvalue weighted by Crippen LogP contribution is -2.14. The summed E-state index contributed by atoms with van der Waals surface area (Å²) < 4.78 is 12.4. The van der Waals surface area contributed by atoms with Crippen LogP contribution in [0.1, 0.15) is 0 Å². The Morgan fingerprint density at radius 2 is 1.86 bits per heavy atom. The van der Waals surface area contributed by atoms with Gasteiger partial charge in [-0.1, -0.05) is 0 Å². The molecule has 0 saturated carbocycles. The van der Waals surface area contributed by atoms with Crippen LogP contribution in [-0.4, -0.2) is 23.2 Å². The molecule has 0 aliphatic carbocycles. The van der Waals surface area contributed by atoms with Gasteiger partial charge in [0, 0.05) is 23.3 Å². The molecule has 7 heteroatoms. The fourth-order valence-electron chi connectivity index (χ4n) is 2.09. The first-order valence-corrected chi connectivity index (χ1v) is 8.76. The van der Waals surface area contributed by atoms with Gasteiger partial charge >= 0.3 is 0 Å². The molecule has 0 saturated heterocycles. The van der Waals surface area contributed by atoms with Gasteiger partial charge in [0.15, 0.2) is 11.5 Å². The van der Waals surface area contributed by atoms with Crippen LogP contribution in [0.5, 0.6) is 11.5 Å². The molecule has 0 radical (unpaired) electrons. The minimum atomic E-state index is 0.575. The van der Waals surface area contributed by atoms with Crippen molar-refractivity contribution < 1.29 is 9.47 Å². The number of fused-ring (bicyclic) bond motifs is 1. The molecular weight excluding hydrogens is 372 g/mol. The molecule has 0 fully saturated rings. The van der Waals surface area contributed by atoms with E-state index >= 15 is 0 Å². The summed E-state index contributed by atoms with van der Waals surface area (Å²) in [6, 6.07) is 3.91. The van der Waals surface area contributed by atoms with Crippen LogP contribution in [0.2, 0.25) is 0 Å². The molecule has 0 aromatic carbocycles. The van der Waals surface area contributed by atoms with Crippen molar-refractivity contribution in [1.82, 2.24) is 9.97 Å². The second-order valence-corrected chi connectivity index (χ2v) is 7.53. The Bertz CT molecular complexity index is 786. The van der Waals surface area contributed by atoms with Crippen molar-refractivity contribution in [2.45, 2.75) is 0 Å². The van der Waals surface area contributed by atoms with E-state index in [-0.39, 0.29) is 0 Å². The molecule has 4 heterocycles. The van der Waals surface area contributed by atoms with Gasteiger partial charge in [-0.2, -0.15) is 0 Å². The predicted molar refractivity (Wildman–Crippen MR) is 87.3 cm³/mol. The van der Waals surface area contributed by atoms with Gasteiger partial charge in [-0.15, -0.1) is 22.7 Å². The van der Waals surface area contributed by atoms with E-state index in [0.717, 1.165) is 36.4 Å². The summed E-state index contributed by atoms with van der Waals surface area (Å²) in [6.45, 7) is 1.16. The van der Waals surface area contributed by atoms with E-state index in [9.17, 15) is 0 Å². The molecule has 0 unspecified atom stereocenters. The van der Waals surface area contributed by atoms with Crippen molar-refractivity contribution in [3.63, 3.8) is 0 Å². The first-order valence-electron chi connectivity index (χ1n) is 6.27. The highest BCUT2D eigenvalue weighted by Crippen LogP contribution is 2.52. The third-order valence-electron chi connectivity index (χ3n) is 3.03. The minimum Gasteiger partial charge on any atom is -0.484 e. The second-order valence-electron chi connectivity index (χ2n) is 4.33. The first-order chi connectivity index (χ1) is 10.3. The van der Waals surface area contributed by atoms with Crippen molar-refractivity contribution in [3.05, 3.63) is 33.7 Å². The van der Waals surface area contributed by atoms with Gasteiger partial charge in [-0.05, 0) is 28.1 Å². The Labute approximate surface area is 137 Å². The van der Waals surface area contributed by atoms with Gasteiger partial charge in [0.1, 0.15) is 26.9 Å². The Hall–Kier alpha value is -1.44. The zero-order valence-corrected chi connectivity index (χ0v) is 13.9. The van der Waals surface area contributed by atoms with Crippen LogP contribution in [0.4, 0.5) is 0 Å². The average Bonchev–Trinajstić information content (AvgIpc) is 3.14. The van der Waals surface area contributed by atoms with E-state index in [1.165, 1.54) is 0 Å². The molecule has 0 spiro atoms. The first kappa shape index (κ1) is 13.2. The minimum absolute atomic E-state index is 0.575. The number of thiazole rings is 1. The van der Waals surface area contributed by atoms with Gasteiger partial charge in [0.25, 0.3) is 0 Å². The topological polar surface area (TPSA) is 44.2 Å². The molecule has 0 bridgehead atoms. The molecule has 0 atom stereocenters. The number of hydrogen-bond donors (Lipinski definition) is 0. The van der Waals surface area contributed by atoms with E-state index in [1.807, 2.05) is 17.5 Å². The third kappa shape index (κ3) is 2.35. The number of ether oxygens (including phenoxy) is 2. The lowest BCUT2D eigenvalue weighted by atomic mass is 10.2. The van der Waals surface area contributed by atoms with E-state index < -0.39 is 0 Å². The number of thiophene rings is 1. The summed E-state index contributed by atoms with van der Waals surface area (Å²) in [5.41, 5.74) is 2.02. The van der Waals surface area contributed by atoms with E-state index in [2.05, 4.69) is 20.9 Å². The maximum Gasteiger partial charge on any atom is 0.187 e. The van der Waals surface area contributed by atoms with Crippen LogP contribution < -0.4 is 9.47 Å². The van der Waals surface area contributed by atoms with Gasteiger partial charge in [-0.25, -0.2) is 4.98 Å². The molecule has 4 nitrogen and oxygen atoms in total. The van der Waals surface area contributed by atoms with Crippen LogP contribution in [0.25, 0.3) is 21.1 Å². The monoisotopic (exact) mass is 380 g/mol. The second kappa shape index (κ2) is 5.40. The highest BCUT2D eigenvalue weighted by atomic mass is 79.9. The summed E-state index contributed by atoms with van der Waals surface area (Å²) in [6.07, 6.45) is 3.55. The number of hydrogen-bond acceptors (Lipinski definition) is 6. The van der Waals surface area contributed by atoms with Crippen molar-refractivity contribution in [2.75, 3.05) is 13.2 Å². The lowest BCUT2D eigenvalue weighted by Gasteiger charge is -2.15. The standard InChI is InChI=1S/C14H9BrN2O2S2/c15-13-11-10(18-5-6-19-11)12(21-13)14-17-9(7-20-14)8-1-3-16-4-2-8/h1-4,7H,5-6H2. The summed E-state index contributed by atoms with van der Waals surface area (Å²) in [7, 11) is 0. The number of aromatic nitrogens is 2. The summed E-state index contributed by atoms with van der Waals surface area (Å²) in [5.74, 6) is 1.59. The zero-order valence-electron chi connectivity index (χ0n) is 10.7. The number of halogens is 1. The summed E-state index contributed by atoms with van der Waals surface area (Å²) in [5, 5.41) is 2.99. The molecule has 1 aliphatic rings. The van der Waals surface area contributed by atoms with E-state index in [0.29, 0.717) is 13.2 Å². The Morgan fingerprint density at radius 1 is 1.10 bits per heavy atom. The number of nitrogens with zero attached hydrogens (tertiary/aromatic N) is 2. The molecule has 3 aromatic rings. The van der Waals surface area contributed by atoms with Gasteiger partial charge in [0.05, 0.1) is 5.69 Å². The van der Waals surface area contributed by atoms with Crippen LogP contribution in [0.15, 0.2) is 33.7 Å². The summed E-state index contributed by atoms with van der Waals surface area (Å²) in [4.78, 5) is 9.76. The Morgan fingerprint density at radius 3 is 2.67 bits per heavy atom. The maximum absolute atomic E-state index is 5.76. The molecule has 3 aromatic heterocycles. The van der Waals surface area contributed by atoms with Gasteiger partial charge < -0.3 is 9.47 Å². The molecule has 106 valence electrons. The smallest absolute Gasteiger partial charge is 0.187 e. The maximum atomic E-state index is 5.76. The largest absolute Gasteiger partial charge is 0.484 e. The highest BCUT2D eigenvalue weighted by Gasteiger charge is 2.25. The van der Waals surface area contributed by atoms with Gasteiger partial charge in [-0.3, -0.25) is 4.98 Å². The van der Waals surface area contributed by atoms with E-state index in [1.54, 1.807) is 35.1 Å². The number of pyridine rings is 1. The average molecular weight is 381 g/mol.